The van der Waals surface area contributed by atoms with E-state index in [0.29, 0.717) is 12.2 Å². The summed E-state index contributed by atoms with van der Waals surface area (Å²) in [6, 6.07) is 7.07. The lowest BCUT2D eigenvalue weighted by Gasteiger charge is -2.00. The van der Waals surface area contributed by atoms with Gasteiger partial charge in [-0.25, -0.2) is 4.79 Å². The molecule has 0 saturated heterocycles. The van der Waals surface area contributed by atoms with Crippen LogP contribution < -0.4 is 0 Å². The fourth-order valence-electron chi connectivity index (χ4n) is 0.800. The molecule has 0 aliphatic heterocycles. The van der Waals surface area contributed by atoms with E-state index in [-0.39, 0.29) is 29.0 Å². The zero-order valence-corrected chi connectivity index (χ0v) is 8.30. The molecule has 68 valence electrons. The zero-order valence-electron chi connectivity index (χ0n) is 6.71. The second kappa shape index (κ2) is 6.40. The van der Waals surface area contributed by atoms with Gasteiger partial charge in [0.05, 0.1) is 12.2 Å². The van der Waals surface area contributed by atoms with Crippen LogP contribution in [-0.2, 0) is 4.74 Å². The van der Waals surface area contributed by atoms with Gasteiger partial charge < -0.3 is 4.74 Å². The number of halogens is 1. The minimum Gasteiger partial charge on any atom is -0.462 e. The summed E-state index contributed by atoms with van der Waals surface area (Å²) >= 11 is 3.28. The summed E-state index contributed by atoms with van der Waals surface area (Å²) in [7, 11) is 0. The maximum absolute atomic E-state index is 11.1. The lowest BCUT2D eigenvalue weighted by molar-refractivity contribution is 0.0526. The van der Waals surface area contributed by atoms with Crippen LogP contribution in [0.1, 0.15) is 17.3 Å². The maximum atomic E-state index is 11.1. The van der Waals surface area contributed by atoms with Crippen LogP contribution in [0, 0.1) is 0 Å². The summed E-state index contributed by atoms with van der Waals surface area (Å²) in [5, 5.41) is 0. The van der Waals surface area contributed by atoms with E-state index in [1.54, 1.807) is 19.1 Å². The number of hydrogen-bond donors (Lipinski definition) is 0. The van der Waals surface area contributed by atoms with E-state index in [1.165, 1.54) is 0 Å². The molecule has 2 nitrogen and oxygen atoms in total. The van der Waals surface area contributed by atoms with Crippen molar-refractivity contribution in [2.45, 2.75) is 6.92 Å². The van der Waals surface area contributed by atoms with E-state index in [9.17, 15) is 4.79 Å². The molecule has 0 atom stereocenters. The number of ether oxygens (including phenoxy) is 1. The Hall–Kier alpha value is -0.0638. The van der Waals surface area contributed by atoms with Crippen molar-refractivity contribution in [1.29, 1.82) is 0 Å². The quantitative estimate of drug-likeness (QED) is 0.594. The van der Waals surface area contributed by atoms with Crippen LogP contribution in [-0.4, -0.2) is 35.6 Å². The summed E-state index contributed by atoms with van der Waals surface area (Å²) < 4.78 is 5.77. The molecule has 0 unspecified atom stereocenters. The van der Waals surface area contributed by atoms with E-state index in [2.05, 4.69) is 15.9 Å². The number of rotatable bonds is 2. The van der Waals surface area contributed by atoms with E-state index in [1.807, 2.05) is 12.1 Å². The molecule has 0 aliphatic rings. The number of hydrogen-bond acceptors (Lipinski definition) is 2. The van der Waals surface area contributed by atoms with Crippen molar-refractivity contribution in [1.82, 2.24) is 0 Å². The van der Waals surface area contributed by atoms with Gasteiger partial charge in [-0.2, -0.15) is 0 Å². The van der Waals surface area contributed by atoms with Crippen LogP contribution in [0.3, 0.4) is 0 Å². The Morgan fingerprint density at radius 1 is 1.38 bits per heavy atom. The topological polar surface area (TPSA) is 26.3 Å². The Labute approximate surface area is 102 Å². The minimum atomic E-state index is -0.273. The third-order valence-corrected chi connectivity index (χ3v) is 1.88. The van der Waals surface area contributed by atoms with Crippen molar-refractivity contribution in [3.05, 3.63) is 34.3 Å². The lowest BCUT2D eigenvalue weighted by atomic mass is 10.2. The first-order valence-corrected chi connectivity index (χ1v) is 4.46. The molecule has 0 amide bonds. The predicted molar refractivity (Wildman–Crippen MR) is 58.6 cm³/mol. The Bertz CT molecular complexity index is 271. The standard InChI is InChI=1S/C9H9BrO2.Mg.2H/c1-2-12-9(11)7-3-5-8(10)6-4-7;;;/h3-6H,2H2,1H3;;;. The summed E-state index contributed by atoms with van der Waals surface area (Å²) in [6.45, 7) is 2.20. The molecule has 1 aromatic carbocycles. The lowest BCUT2D eigenvalue weighted by Crippen LogP contribution is -2.03. The molecule has 0 aromatic heterocycles. The van der Waals surface area contributed by atoms with Crippen molar-refractivity contribution >= 4 is 45.0 Å². The minimum absolute atomic E-state index is 0. The number of carbonyl (C=O) groups excluding carboxylic acids is 1. The molecular weight excluding hydrogens is 244 g/mol. The Kier molecular flexibility index (Phi) is 6.37. The highest BCUT2D eigenvalue weighted by Crippen LogP contribution is 2.10. The van der Waals surface area contributed by atoms with Gasteiger partial charge in [0.15, 0.2) is 0 Å². The molecule has 0 N–H and O–H groups in total. The SMILES string of the molecule is CCOC(=O)c1ccc(Br)cc1.[MgH2]. The van der Waals surface area contributed by atoms with Crippen LogP contribution in [0.2, 0.25) is 0 Å². The molecule has 0 radical (unpaired) electrons. The van der Waals surface area contributed by atoms with Gasteiger partial charge in [-0.3, -0.25) is 0 Å². The molecule has 1 rings (SSSR count). The fourth-order valence-corrected chi connectivity index (χ4v) is 1.06. The third-order valence-electron chi connectivity index (χ3n) is 1.36. The van der Waals surface area contributed by atoms with Gasteiger partial charge in [0.25, 0.3) is 0 Å². The zero-order chi connectivity index (χ0) is 8.97. The fraction of sp³-hybridized carbons (Fsp3) is 0.222. The largest absolute Gasteiger partial charge is 0.462 e. The number of benzene rings is 1. The van der Waals surface area contributed by atoms with Gasteiger partial charge >= 0.3 is 29.0 Å². The van der Waals surface area contributed by atoms with Gasteiger partial charge in [0, 0.05) is 4.47 Å². The molecule has 0 aliphatic carbocycles. The van der Waals surface area contributed by atoms with Gasteiger partial charge in [-0.1, -0.05) is 15.9 Å². The van der Waals surface area contributed by atoms with E-state index in [0.717, 1.165) is 4.47 Å². The van der Waals surface area contributed by atoms with Gasteiger partial charge in [0.1, 0.15) is 0 Å². The summed E-state index contributed by atoms with van der Waals surface area (Å²) in [5.41, 5.74) is 0.583. The summed E-state index contributed by atoms with van der Waals surface area (Å²) in [5.74, 6) is -0.273. The molecule has 0 bridgehead atoms. The Morgan fingerprint density at radius 2 is 1.92 bits per heavy atom. The van der Waals surface area contributed by atoms with Crippen molar-refractivity contribution in [3.63, 3.8) is 0 Å². The average molecular weight is 255 g/mol. The molecule has 0 heterocycles. The van der Waals surface area contributed by atoms with Crippen molar-refractivity contribution in [2.75, 3.05) is 6.61 Å². The second-order valence-corrected chi connectivity index (χ2v) is 3.14. The van der Waals surface area contributed by atoms with Crippen LogP contribution >= 0.6 is 15.9 Å². The summed E-state index contributed by atoms with van der Waals surface area (Å²) in [6.07, 6.45) is 0. The van der Waals surface area contributed by atoms with Crippen molar-refractivity contribution < 1.29 is 9.53 Å². The Morgan fingerprint density at radius 3 is 2.38 bits per heavy atom. The molecule has 13 heavy (non-hydrogen) atoms. The molecule has 0 fully saturated rings. The third kappa shape index (κ3) is 4.11. The maximum Gasteiger partial charge on any atom is 0.338 e. The first-order chi connectivity index (χ1) is 5.74. The Balaban J connectivity index is 0.00000144. The number of carbonyl (C=O) groups is 1. The molecule has 4 heteroatoms. The van der Waals surface area contributed by atoms with E-state index < -0.39 is 0 Å². The molecule has 1 aromatic rings. The highest BCUT2D eigenvalue weighted by molar-refractivity contribution is 9.10. The van der Waals surface area contributed by atoms with E-state index in [4.69, 9.17) is 4.74 Å². The van der Waals surface area contributed by atoms with Gasteiger partial charge in [-0.05, 0) is 31.2 Å². The van der Waals surface area contributed by atoms with E-state index >= 15 is 0 Å². The van der Waals surface area contributed by atoms with Gasteiger partial charge in [-0.15, -0.1) is 0 Å². The summed E-state index contributed by atoms with van der Waals surface area (Å²) in [4.78, 5) is 11.1. The molecule has 0 saturated carbocycles. The van der Waals surface area contributed by atoms with Gasteiger partial charge in [0.2, 0.25) is 0 Å². The second-order valence-electron chi connectivity index (χ2n) is 2.23. The first kappa shape index (κ1) is 12.9. The average Bonchev–Trinajstić information content (AvgIpc) is 2.06. The van der Waals surface area contributed by atoms with Crippen LogP contribution in [0.4, 0.5) is 0 Å². The van der Waals surface area contributed by atoms with Crippen molar-refractivity contribution in [2.24, 2.45) is 0 Å². The monoisotopic (exact) mass is 254 g/mol. The van der Waals surface area contributed by atoms with Crippen LogP contribution in [0.5, 0.6) is 0 Å². The first-order valence-electron chi connectivity index (χ1n) is 3.66. The normalized spacial score (nSPS) is 8.77. The number of esters is 1. The molecular formula is C9H11BrMgO2. The van der Waals surface area contributed by atoms with Crippen molar-refractivity contribution in [3.8, 4) is 0 Å². The predicted octanol–water partition coefficient (Wildman–Crippen LogP) is 1.71. The highest BCUT2D eigenvalue weighted by atomic mass is 79.9. The van der Waals surface area contributed by atoms with Crippen LogP contribution in [0.15, 0.2) is 28.7 Å². The molecule has 0 spiro atoms. The highest BCUT2D eigenvalue weighted by Gasteiger charge is 2.03. The smallest absolute Gasteiger partial charge is 0.338 e. The van der Waals surface area contributed by atoms with Crippen LogP contribution in [0.25, 0.3) is 0 Å².